The largest absolute Gasteiger partial charge is 0.369 e. The summed E-state index contributed by atoms with van der Waals surface area (Å²) in [6.07, 6.45) is 5.11. The molecule has 1 aromatic heterocycles. The lowest BCUT2D eigenvalue weighted by Gasteiger charge is -2.33. The molecule has 142 valence electrons. The van der Waals surface area contributed by atoms with Crippen molar-refractivity contribution in [2.24, 2.45) is 0 Å². The van der Waals surface area contributed by atoms with Gasteiger partial charge in [-0.15, -0.1) is 0 Å². The van der Waals surface area contributed by atoms with E-state index in [2.05, 4.69) is 14.9 Å². The molecule has 0 N–H and O–H groups in total. The third kappa shape index (κ3) is 4.14. The van der Waals surface area contributed by atoms with Gasteiger partial charge in [0.05, 0.1) is 24.5 Å². The number of amides is 1. The molecule has 1 aromatic carbocycles. The highest BCUT2D eigenvalue weighted by Gasteiger charge is 2.29. The number of ether oxygens (including phenoxy) is 1. The molecule has 2 aliphatic heterocycles. The number of halogens is 1. The van der Waals surface area contributed by atoms with Crippen molar-refractivity contribution in [3.63, 3.8) is 0 Å². The summed E-state index contributed by atoms with van der Waals surface area (Å²) in [6, 6.07) is 6.33. The predicted octanol–water partition coefficient (Wildman–Crippen LogP) is 2.28. The Morgan fingerprint density at radius 3 is 2.81 bits per heavy atom. The first kappa shape index (κ1) is 18.0. The van der Waals surface area contributed by atoms with Crippen molar-refractivity contribution in [1.29, 1.82) is 0 Å². The first-order chi connectivity index (χ1) is 13.2. The number of morpholine rings is 1. The van der Waals surface area contributed by atoms with Gasteiger partial charge in [0.1, 0.15) is 11.9 Å². The van der Waals surface area contributed by atoms with E-state index in [9.17, 15) is 9.18 Å². The number of nitrogens with zero attached hydrogens (tertiary/aromatic N) is 4. The number of hydrogen-bond acceptors (Lipinski definition) is 5. The molecular formula is C20H23FN4O2. The van der Waals surface area contributed by atoms with Gasteiger partial charge < -0.3 is 9.64 Å². The maximum atomic E-state index is 13.7. The van der Waals surface area contributed by atoms with E-state index in [1.807, 2.05) is 11.0 Å². The Labute approximate surface area is 158 Å². The summed E-state index contributed by atoms with van der Waals surface area (Å²) in [7, 11) is 0. The average Bonchev–Trinajstić information content (AvgIpc) is 3.23. The summed E-state index contributed by atoms with van der Waals surface area (Å²) in [5, 5.41) is 0. The fraction of sp³-hybridized carbons (Fsp3) is 0.450. The van der Waals surface area contributed by atoms with Gasteiger partial charge in [-0.3, -0.25) is 19.7 Å². The van der Waals surface area contributed by atoms with E-state index >= 15 is 0 Å². The zero-order chi connectivity index (χ0) is 18.6. The second kappa shape index (κ2) is 8.10. The van der Waals surface area contributed by atoms with Crippen LogP contribution in [0.4, 0.5) is 4.39 Å². The van der Waals surface area contributed by atoms with Crippen LogP contribution in [0.2, 0.25) is 0 Å². The molecule has 0 aliphatic carbocycles. The standard InChI is InChI=1S/C20H23FN4O2/c21-16-5-3-4-15(12-16)19-20(23-7-6-22-19)17-13-24(10-11-27-17)14-18(26)25-8-1-2-9-25/h3-7,12,17H,1-2,8-11,13-14H2. The molecule has 3 heterocycles. The molecule has 0 bridgehead atoms. The van der Waals surface area contributed by atoms with Crippen LogP contribution in [0.1, 0.15) is 24.6 Å². The molecule has 0 radical (unpaired) electrons. The van der Waals surface area contributed by atoms with Crippen LogP contribution in [-0.4, -0.2) is 65.0 Å². The lowest BCUT2D eigenvalue weighted by atomic mass is 10.1. The lowest BCUT2D eigenvalue weighted by molar-refractivity contribution is -0.133. The Balaban J connectivity index is 1.51. The molecule has 1 atom stereocenters. The molecule has 1 amide bonds. The smallest absolute Gasteiger partial charge is 0.236 e. The highest BCUT2D eigenvalue weighted by Crippen LogP contribution is 2.29. The summed E-state index contributed by atoms with van der Waals surface area (Å²) in [5.74, 6) is -0.135. The monoisotopic (exact) mass is 370 g/mol. The number of carbonyl (C=O) groups is 1. The fourth-order valence-corrected chi connectivity index (χ4v) is 3.71. The van der Waals surface area contributed by atoms with Gasteiger partial charge in [0, 0.05) is 44.1 Å². The highest BCUT2D eigenvalue weighted by molar-refractivity contribution is 5.78. The van der Waals surface area contributed by atoms with Gasteiger partial charge in [-0.25, -0.2) is 4.39 Å². The van der Waals surface area contributed by atoms with Crippen molar-refractivity contribution in [3.8, 4) is 11.3 Å². The number of aromatic nitrogens is 2. The van der Waals surface area contributed by atoms with Gasteiger partial charge in [0.25, 0.3) is 0 Å². The van der Waals surface area contributed by atoms with E-state index < -0.39 is 0 Å². The van der Waals surface area contributed by atoms with Gasteiger partial charge in [0.2, 0.25) is 5.91 Å². The van der Waals surface area contributed by atoms with Crippen LogP contribution in [0.15, 0.2) is 36.7 Å². The third-order valence-electron chi connectivity index (χ3n) is 5.10. The Bertz CT molecular complexity index is 810. The molecule has 4 rings (SSSR count). The number of hydrogen-bond donors (Lipinski definition) is 0. The van der Waals surface area contributed by atoms with Gasteiger partial charge >= 0.3 is 0 Å². The van der Waals surface area contributed by atoms with Crippen molar-refractivity contribution in [1.82, 2.24) is 19.8 Å². The zero-order valence-electron chi connectivity index (χ0n) is 15.2. The van der Waals surface area contributed by atoms with E-state index in [1.54, 1.807) is 18.5 Å². The van der Waals surface area contributed by atoms with Crippen LogP contribution < -0.4 is 0 Å². The topological polar surface area (TPSA) is 58.6 Å². The van der Waals surface area contributed by atoms with Crippen LogP contribution in [0, 0.1) is 5.82 Å². The molecule has 6 nitrogen and oxygen atoms in total. The quantitative estimate of drug-likeness (QED) is 0.826. The number of carbonyl (C=O) groups excluding carboxylic acids is 1. The van der Waals surface area contributed by atoms with Crippen molar-refractivity contribution < 1.29 is 13.9 Å². The molecule has 0 saturated carbocycles. The minimum Gasteiger partial charge on any atom is -0.369 e. The van der Waals surface area contributed by atoms with Crippen LogP contribution >= 0.6 is 0 Å². The Morgan fingerprint density at radius 1 is 1.19 bits per heavy atom. The molecule has 7 heteroatoms. The second-order valence-corrected chi connectivity index (χ2v) is 6.98. The molecule has 0 spiro atoms. The maximum absolute atomic E-state index is 13.7. The summed E-state index contributed by atoms with van der Waals surface area (Å²) < 4.78 is 19.6. The van der Waals surface area contributed by atoms with Crippen LogP contribution in [0.25, 0.3) is 11.3 Å². The minimum atomic E-state index is -0.313. The van der Waals surface area contributed by atoms with E-state index in [1.165, 1.54) is 12.1 Å². The molecule has 27 heavy (non-hydrogen) atoms. The van der Waals surface area contributed by atoms with Gasteiger partial charge in [-0.2, -0.15) is 0 Å². The highest BCUT2D eigenvalue weighted by atomic mass is 19.1. The fourth-order valence-electron chi connectivity index (χ4n) is 3.71. The molecule has 1 unspecified atom stereocenters. The lowest BCUT2D eigenvalue weighted by Crippen LogP contribution is -2.45. The van der Waals surface area contributed by atoms with Crippen molar-refractivity contribution >= 4 is 5.91 Å². The van der Waals surface area contributed by atoms with Crippen LogP contribution in [-0.2, 0) is 9.53 Å². The van der Waals surface area contributed by atoms with Crippen molar-refractivity contribution in [2.75, 3.05) is 39.3 Å². The van der Waals surface area contributed by atoms with Crippen molar-refractivity contribution in [3.05, 3.63) is 48.2 Å². The summed E-state index contributed by atoms with van der Waals surface area (Å²) in [5.41, 5.74) is 1.98. The minimum absolute atomic E-state index is 0.178. The normalized spacial score (nSPS) is 20.8. The van der Waals surface area contributed by atoms with Crippen LogP contribution in [0.5, 0.6) is 0 Å². The van der Waals surface area contributed by atoms with Crippen molar-refractivity contribution in [2.45, 2.75) is 18.9 Å². The second-order valence-electron chi connectivity index (χ2n) is 6.98. The van der Waals surface area contributed by atoms with Gasteiger partial charge in [0.15, 0.2) is 0 Å². The summed E-state index contributed by atoms with van der Waals surface area (Å²) >= 11 is 0. The van der Waals surface area contributed by atoms with Gasteiger partial charge in [-0.05, 0) is 25.0 Å². The van der Waals surface area contributed by atoms with E-state index in [0.29, 0.717) is 43.2 Å². The predicted molar refractivity (Wildman–Crippen MR) is 98.4 cm³/mol. The van der Waals surface area contributed by atoms with Crippen LogP contribution in [0.3, 0.4) is 0 Å². The van der Waals surface area contributed by atoms with Gasteiger partial charge in [-0.1, -0.05) is 12.1 Å². The van der Waals surface area contributed by atoms with E-state index in [0.717, 1.165) is 25.9 Å². The average molecular weight is 370 g/mol. The van der Waals surface area contributed by atoms with E-state index in [4.69, 9.17) is 4.74 Å². The summed E-state index contributed by atoms with van der Waals surface area (Å²) in [6.45, 7) is 3.93. The first-order valence-corrected chi connectivity index (χ1v) is 9.39. The number of rotatable bonds is 4. The number of benzene rings is 1. The molecular weight excluding hydrogens is 347 g/mol. The first-order valence-electron chi connectivity index (χ1n) is 9.39. The molecule has 2 saturated heterocycles. The van der Waals surface area contributed by atoms with E-state index in [-0.39, 0.29) is 17.8 Å². The molecule has 2 fully saturated rings. The number of likely N-dealkylation sites (tertiary alicyclic amines) is 1. The Morgan fingerprint density at radius 2 is 2.00 bits per heavy atom. The molecule has 2 aliphatic rings. The summed E-state index contributed by atoms with van der Waals surface area (Å²) in [4.78, 5) is 25.4. The molecule has 2 aromatic rings. The Hall–Kier alpha value is -2.38. The zero-order valence-corrected chi connectivity index (χ0v) is 15.2. The maximum Gasteiger partial charge on any atom is 0.236 e. The third-order valence-corrected chi connectivity index (χ3v) is 5.10. The SMILES string of the molecule is O=C(CN1CCOC(c2nccnc2-c2cccc(F)c2)C1)N1CCCC1. The Kier molecular flexibility index (Phi) is 5.40.